The zero-order chi connectivity index (χ0) is 19.0. The first kappa shape index (κ1) is 23.2. The molecule has 0 aliphatic carbocycles. The van der Waals surface area contributed by atoms with Gasteiger partial charge in [0.15, 0.2) is 0 Å². The fraction of sp³-hybridized carbons (Fsp3) is 0.650. The van der Waals surface area contributed by atoms with Crippen molar-refractivity contribution in [3.8, 4) is 5.75 Å². The van der Waals surface area contributed by atoms with Crippen LogP contribution in [0.2, 0.25) is 0 Å². The lowest BCUT2D eigenvalue weighted by molar-refractivity contribution is 0.0841. The first-order chi connectivity index (χ1) is 12.7. The number of benzene rings is 1. The summed E-state index contributed by atoms with van der Waals surface area (Å²) in [6, 6.07) is 7.36. The number of thioether (sulfide) groups is 2. The number of hydrogen-bond donors (Lipinski definition) is 1. The van der Waals surface area contributed by atoms with Gasteiger partial charge in [-0.2, -0.15) is 0 Å². The number of para-hydroxylation sites is 1. The summed E-state index contributed by atoms with van der Waals surface area (Å²) < 4.78 is 5.31. The molecular formula is C20H34N2O2S2. The Kier molecular flexibility index (Phi) is 13.6. The number of hydrazine groups is 1. The molecule has 148 valence electrons. The van der Waals surface area contributed by atoms with E-state index in [0.29, 0.717) is 11.3 Å². The van der Waals surface area contributed by atoms with E-state index in [4.69, 9.17) is 4.74 Å². The molecule has 4 nitrogen and oxygen atoms in total. The number of ether oxygens (including phenoxy) is 1. The van der Waals surface area contributed by atoms with Gasteiger partial charge in [-0.15, -0.1) is 23.5 Å². The fourth-order valence-corrected chi connectivity index (χ4v) is 4.34. The topological polar surface area (TPSA) is 41.6 Å². The summed E-state index contributed by atoms with van der Waals surface area (Å²) in [6.45, 7) is 4.44. The molecule has 0 heterocycles. The average Bonchev–Trinajstić information content (AvgIpc) is 2.67. The van der Waals surface area contributed by atoms with Crippen LogP contribution < -0.4 is 10.2 Å². The van der Waals surface area contributed by atoms with Crippen LogP contribution in [0.3, 0.4) is 0 Å². The van der Waals surface area contributed by atoms with Crippen molar-refractivity contribution >= 4 is 29.4 Å². The minimum atomic E-state index is -0.106. The monoisotopic (exact) mass is 398 g/mol. The van der Waals surface area contributed by atoms with Crippen molar-refractivity contribution in [3.63, 3.8) is 0 Å². The molecule has 0 saturated carbocycles. The number of nitrogens with one attached hydrogen (secondary N) is 1. The number of carbonyl (C=O) groups excluding carboxylic acids is 1. The maximum atomic E-state index is 12.7. The first-order valence-corrected chi connectivity index (χ1v) is 11.9. The van der Waals surface area contributed by atoms with E-state index in [1.54, 1.807) is 13.2 Å². The number of hydrogen-bond acceptors (Lipinski definition) is 5. The summed E-state index contributed by atoms with van der Waals surface area (Å²) in [4.78, 5) is 12.7. The van der Waals surface area contributed by atoms with Gasteiger partial charge < -0.3 is 4.74 Å². The van der Waals surface area contributed by atoms with Crippen LogP contribution in [0, 0.1) is 0 Å². The molecule has 0 atom stereocenters. The molecule has 0 unspecified atom stereocenters. The van der Waals surface area contributed by atoms with Crippen LogP contribution in [0.4, 0.5) is 0 Å². The smallest absolute Gasteiger partial charge is 0.269 e. The summed E-state index contributed by atoms with van der Waals surface area (Å²) in [5, 5.41) is 2.03. The molecule has 0 aliphatic heterocycles. The first-order valence-electron chi connectivity index (χ1n) is 9.57. The molecule has 1 rings (SSSR count). The summed E-state index contributed by atoms with van der Waals surface area (Å²) in [6.07, 6.45) is 7.49. The van der Waals surface area contributed by atoms with Gasteiger partial charge in [0.25, 0.3) is 5.91 Å². The Balaban J connectivity index is 2.53. The molecule has 1 N–H and O–H groups in total. The van der Waals surface area contributed by atoms with Gasteiger partial charge in [-0.3, -0.25) is 10.2 Å². The van der Waals surface area contributed by atoms with Crippen molar-refractivity contribution in [1.29, 1.82) is 0 Å². The third-order valence-electron chi connectivity index (χ3n) is 3.89. The number of rotatable bonds is 15. The quantitative estimate of drug-likeness (QED) is 0.243. The SMILES string of the molecule is CCCCCSCN(CSCCCCC)NC(=O)c1ccccc1OC. The number of carbonyl (C=O) groups is 1. The van der Waals surface area contributed by atoms with Crippen molar-refractivity contribution in [1.82, 2.24) is 10.4 Å². The Hall–Kier alpha value is -0.850. The van der Waals surface area contributed by atoms with Crippen LogP contribution in [0.15, 0.2) is 24.3 Å². The Morgan fingerprint density at radius 3 is 2.12 bits per heavy atom. The minimum absolute atomic E-state index is 0.106. The number of amides is 1. The second kappa shape index (κ2) is 15.2. The van der Waals surface area contributed by atoms with E-state index in [1.807, 2.05) is 46.7 Å². The zero-order valence-electron chi connectivity index (χ0n) is 16.5. The molecule has 0 aliphatic rings. The number of unbranched alkanes of at least 4 members (excludes halogenated alkanes) is 4. The molecule has 0 bridgehead atoms. The molecule has 0 spiro atoms. The van der Waals surface area contributed by atoms with Gasteiger partial charge in [-0.1, -0.05) is 51.7 Å². The van der Waals surface area contributed by atoms with E-state index in [-0.39, 0.29) is 5.91 Å². The molecule has 6 heteroatoms. The molecule has 0 aromatic heterocycles. The Bertz CT molecular complexity index is 486. The number of methoxy groups -OCH3 is 1. The highest BCUT2D eigenvalue weighted by Gasteiger charge is 2.15. The normalized spacial score (nSPS) is 10.9. The third kappa shape index (κ3) is 9.74. The predicted molar refractivity (Wildman–Crippen MR) is 116 cm³/mol. The highest BCUT2D eigenvalue weighted by atomic mass is 32.2. The Morgan fingerprint density at radius 1 is 1.00 bits per heavy atom. The van der Waals surface area contributed by atoms with Gasteiger partial charge in [0.2, 0.25) is 0 Å². The van der Waals surface area contributed by atoms with Crippen molar-refractivity contribution in [2.45, 2.75) is 52.4 Å². The summed E-state index contributed by atoms with van der Waals surface area (Å²) in [7, 11) is 1.59. The molecule has 1 aromatic carbocycles. The fourth-order valence-electron chi connectivity index (χ4n) is 2.40. The van der Waals surface area contributed by atoms with Crippen LogP contribution in [0.5, 0.6) is 5.75 Å². The largest absolute Gasteiger partial charge is 0.496 e. The maximum absolute atomic E-state index is 12.7. The van der Waals surface area contributed by atoms with Crippen molar-refractivity contribution in [2.24, 2.45) is 0 Å². The highest BCUT2D eigenvalue weighted by Crippen LogP contribution is 2.18. The molecule has 1 aromatic rings. The second-order valence-corrected chi connectivity index (χ2v) is 8.32. The molecule has 0 radical (unpaired) electrons. The van der Waals surface area contributed by atoms with Crippen LogP contribution in [-0.4, -0.2) is 41.3 Å². The lowest BCUT2D eigenvalue weighted by Gasteiger charge is -2.23. The van der Waals surface area contributed by atoms with Crippen LogP contribution >= 0.6 is 23.5 Å². The van der Waals surface area contributed by atoms with E-state index < -0.39 is 0 Å². The van der Waals surface area contributed by atoms with E-state index in [2.05, 4.69) is 19.3 Å². The van der Waals surface area contributed by atoms with Gasteiger partial charge in [0, 0.05) is 0 Å². The van der Waals surface area contributed by atoms with Gasteiger partial charge in [-0.25, -0.2) is 5.01 Å². The summed E-state index contributed by atoms with van der Waals surface area (Å²) in [5.74, 6) is 4.39. The number of nitrogens with zero attached hydrogens (tertiary/aromatic N) is 1. The van der Waals surface area contributed by atoms with E-state index >= 15 is 0 Å². The lowest BCUT2D eigenvalue weighted by Crippen LogP contribution is -2.42. The highest BCUT2D eigenvalue weighted by molar-refractivity contribution is 8.00. The molecule has 0 fully saturated rings. The van der Waals surface area contributed by atoms with Crippen molar-refractivity contribution in [3.05, 3.63) is 29.8 Å². The van der Waals surface area contributed by atoms with Crippen molar-refractivity contribution in [2.75, 3.05) is 30.4 Å². The zero-order valence-corrected chi connectivity index (χ0v) is 18.1. The molecule has 0 saturated heterocycles. The predicted octanol–water partition coefficient (Wildman–Crippen LogP) is 5.40. The summed E-state index contributed by atoms with van der Waals surface area (Å²) >= 11 is 3.77. The van der Waals surface area contributed by atoms with Gasteiger partial charge in [0.05, 0.1) is 24.4 Å². The van der Waals surface area contributed by atoms with Crippen LogP contribution in [-0.2, 0) is 0 Å². The summed E-state index contributed by atoms with van der Waals surface area (Å²) in [5.41, 5.74) is 3.64. The Labute approximate surface area is 167 Å². The van der Waals surface area contributed by atoms with E-state index in [0.717, 1.165) is 23.3 Å². The van der Waals surface area contributed by atoms with Gasteiger partial charge in [0.1, 0.15) is 5.75 Å². The molecule has 1 amide bonds. The van der Waals surface area contributed by atoms with Crippen LogP contribution in [0.25, 0.3) is 0 Å². The average molecular weight is 399 g/mol. The maximum Gasteiger partial charge on any atom is 0.269 e. The second-order valence-electron chi connectivity index (χ2n) is 6.17. The molecule has 26 heavy (non-hydrogen) atoms. The van der Waals surface area contributed by atoms with Gasteiger partial charge in [-0.05, 0) is 36.5 Å². The van der Waals surface area contributed by atoms with E-state index in [9.17, 15) is 4.79 Å². The van der Waals surface area contributed by atoms with Crippen molar-refractivity contribution < 1.29 is 9.53 Å². The minimum Gasteiger partial charge on any atom is -0.496 e. The third-order valence-corrected chi connectivity index (χ3v) is 6.03. The van der Waals surface area contributed by atoms with E-state index in [1.165, 1.54) is 38.5 Å². The lowest BCUT2D eigenvalue weighted by atomic mass is 10.2. The van der Waals surface area contributed by atoms with Crippen LogP contribution in [0.1, 0.15) is 62.7 Å². The standard InChI is InChI=1S/C20H34N2O2S2/c1-4-6-10-14-25-16-22(17-26-15-11-7-5-2)21-20(23)18-12-8-9-13-19(18)24-3/h8-9,12-13H,4-7,10-11,14-17H2,1-3H3,(H,21,23). The molecular weight excluding hydrogens is 364 g/mol. The van der Waals surface area contributed by atoms with Gasteiger partial charge >= 0.3 is 0 Å². The Morgan fingerprint density at radius 2 is 1.58 bits per heavy atom.